The molecular weight excluding hydrogens is 752 g/mol. The first-order valence-electron chi connectivity index (χ1n) is 21.1. The van der Waals surface area contributed by atoms with Crippen molar-refractivity contribution in [3.63, 3.8) is 0 Å². The van der Waals surface area contributed by atoms with E-state index in [0.29, 0.717) is 0 Å². The SMILES string of the molecule is c1ccc2c(-c3ccc4ccccc4c3P(c3c(-c4cccc5ccccc45)ccc4ccccc34)c3c(-c4cccc5ccccc45)ccc4ccccc34)cccc2c1. The molecule has 0 nitrogen and oxygen atoms in total. The third kappa shape index (κ3) is 5.87. The van der Waals surface area contributed by atoms with E-state index in [-0.39, 0.29) is 0 Å². The predicted octanol–water partition coefficient (Wildman–Crippen LogP) is 15.4. The monoisotopic (exact) mass is 790 g/mol. The summed E-state index contributed by atoms with van der Waals surface area (Å²) in [6.07, 6.45) is 0. The van der Waals surface area contributed by atoms with Gasteiger partial charge < -0.3 is 0 Å². The Bertz CT molecular complexity index is 3270. The van der Waals surface area contributed by atoms with Gasteiger partial charge in [-0.15, -0.1) is 0 Å². The standard InChI is InChI=1S/C60H39P/c1-7-25-46-40(16-1)22-13-31-52(46)55-37-34-43-19-4-10-28-49(43)58(55)61(59-50-29-11-5-20-44(50)35-38-56(59)53-32-14-23-41-17-2-8-26-47(41)53)60-51-30-12-6-21-45(51)36-39-57(60)54-33-15-24-42-18-3-9-27-48(42)54/h1-39H. The minimum Gasteiger partial charge on any atom is -0.0616 e. The van der Waals surface area contributed by atoms with Crippen LogP contribution in [0.5, 0.6) is 0 Å². The van der Waals surface area contributed by atoms with Gasteiger partial charge in [0.15, 0.2) is 0 Å². The van der Waals surface area contributed by atoms with Gasteiger partial charge in [-0.25, -0.2) is 0 Å². The Morgan fingerprint density at radius 1 is 0.164 bits per heavy atom. The van der Waals surface area contributed by atoms with Crippen LogP contribution in [0.15, 0.2) is 237 Å². The van der Waals surface area contributed by atoms with Gasteiger partial charge in [0.05, 0.1) is 0 Å². The van der Waals surface area contributed by atoms with E-state index in [1.807, 2.05) is 0 Å². The second-order valence-corrected chi connectivity index (χ2v) is 18.0. The maximum atomic E-state index is 2.42. The van der Waals surface area contributed by atoms with Crippen molar-refractivity contribution in [1.82, 2.24) is 0 Å². The van der Waals surface area contributed by atoms with Crippen molar-refractivity contribution < 1.29 is 0 Å². The summed E-state index contributed by atoms with van der Waals surface area (Å²) in [5.41, 5.74) is 7.58. The fraction of sp³-hybridized carbons (Fsp3) is 0. The lowest BCUT2D eigenvalue weighted by Gasteiger charge is -2.31. The van der Waals surface area contributed by atoms with Crippen molar-refractivity contribution in [2.24, 2.45) is 0 Å². The Kier molecular flexibility index (Phi) is 8.58. The summed E-state index contributed by atoms with van der Waals surface area (Å²) in [5.74, 6) is 0. The first kappa shape index (κ1) is 35.6. The molecule has 0 N–H and O–H groups in total. The molecule has 0 aliphatic rings. The van der Waals surface area contributed by atoms with Gasteiger partial charge in [-0.3, -0.25) is 0 Å². The van der Waals surface area contributed by atoms with Gasteiger partial charge in [-0.05, 0) is 106 Å². The van der Waals surface area contributed by atoms with Gasteiger partial charge in [0.1, 0.15) is 0 Å². The number of hydrogen-bond donors (Lipinski definition) is 0. The molecule has 1 heteroatoms. The average Bonchev–Trinajstić information content (AvgIpc) is 3.33. The smallest absolute Gasteiger partial charge is 0.000695 e. The molecule has 12 aromatic carbocycles. The minimum atomic E-state index is -1.34. The van der Waals surface area contributed by atoms with E-state index >= 15 is 0 Å². The van der Waals surface area contributed by atoms with Gasteiger partial charge in [0.2, 0.25) is 0 Å². The first-order chi connectivity index (χ1) is 30.3. The summed E-state index contributed by atoms with van der Waals surface area (Å²) in [6, 6.07) is 88.6. The highest BCUT2D eigenvalue weighted by Gasteiger charge is 2.32. The van der Waals surface area contributed by atoms with Crippen molar-refractivity contribution in [1.29, 1.82) is 0 Å². The lowest BCUT2D eigenvalue weighted by atomic mass is 9.95. The van der Waals surface area contributed by atoms with Crippen molar-refractivity contribution in [2.75, 3.05) is 0 Å². The van der Waals surface area contributed by atoms with Gasteiger partial charge in [0, 0.05) is 15.9 Å². The Morgan fingerprint density at radius 3 is 0.689 bits per heavy atom. The molecule has 0 bridgehead atoms. The van der Waals surface area contributed by atoms with E-state index in [9.17, 15) is 0 Å². The summed E-state index contributed by atoms with van der Waals surface area (Å²) in [5, 5.41) is 19.2. The molecule has 0 heterocycles. The molecule has 0 atom stereocenters. The van der Waals surface area contributed by atoms with E-state index in [4.69, 9.17) is 0 Å². The zero-order chi connectivity index (χ0) is 40.3. The fourth-order valence-electron chi connectivity index (χ4n) is 9.86. The molecule has 284 valence electrons. The lowest BCUT2D eigenvalue weighted by molar-refractivity contribution is 1.69. The normalized spacial score (nSPS) is 11.8. The quantitative estimate of drug-likeness (QED) is 0.147. The van der Waals surface area contributed by atoms with Crippen LogP contribution < -0.4 is 15.9 Å². The summed E-state index contributed by atoms with van der Waals surface area (Å²) in [6.45, 7) is 0. The first-order valence-corrected chi connectivity index (χ1v) is 22.4. The second kappa shape index (κ2) is 14.7. The third-order valence-electron chi connectivity index (χ3n) is 12.6. The molecule has 12 rings (SSSR count). The van der Waals surface area contributed by atoms with Crippen molar-refractivity contribution in [2.45, 2.75) is 0 Å². The molecule has 0 radical (unpaired) electrons. The average molecular weight is 791 g/mol. The number of rotatable bonds is 6. The zero-order valence-corrected chi connectivity index (χ0v) is 34.4. The van der Waals surface area contributed by atoms with Gasteiger partial charge in [-0.2, -0.15) is 0 Å². The Hall–Kier alpha value is -7.37. The van der Waals surface area contributed by atoms with Crippen LogP contribution >= 0.6 is 7.92 Å². The highest BCUT2D eigenvalue weighted by molar-refractivity contribution is 7.81. The highest BCUT2D eigenvalue weighted by atomic mass is 31.1. The van der Waals surface area contributed by atoms with E-state index in [2.05, 4.69) is 237 Å². The summed E-state index contributed by atoms with van der Waals surface area (Å²) in [4.78, 5) is 0. The van der Waals surface area contributed by atoms with E-state index < -0.39 is 7.92 Å². The Balaban J connectivity index is 1.34. The molecule has 61 heavy (non-hydrogen) atoms. The molecule has 0 spiro atoms. The van der Waals surface area contributed by atoms with Crippen LogP contribution in [0.25, 0.3) is 98.0 Å². The summed E-state index contributed by atoms with van der Waals surface area (Å²) < 4.78 is 0. The molecule has 0 saturated heterocycles. The second-order valence-electron chi connectivity index (χ2n) is 16.0. The van der Waals surface area contributed by atoms with E-state index in [1.54, 1.807) is 0 Å². The van der Waals surface area contributed by atoms with Crippen LogP contribution in [-0.2, 0) is 0 Å². The topological polar surface area (TPSA) is 0 Å². The van der Waals surface area contributed by atoms with E-state index in [1.165, 1.54) is 114 Å². The molecule has 0 aromatic heterocycles. The number of benzene rings is 12. The van der Waals surface area contributed by atoms with E-state index in [0.717, 1.165) is 0 Å². The molecule has 0 unspecified atom stereocenters. The number of hydrogen-bond acceptors (Lipinski definition) is 0. The molecule has 0 fully saturated rings. The third-order valence-corrected chi connectivity index (χ3v) is 15.4. The largest absolute Gasteiger partial charge is 0.0616 e. The van der Waals surface area contributed by atoms with Crippen LogP contribution in [0.4, 0.5) is 0 Å². The summed E-state index contributed by atoms with van der Waals surface area (Å²) in [7, 11) is -1.34. The maximum Gasteiger partial charge on any atom is 0.000695 e. The van der Waals surface area contributed by atoms with Crippen LogP contribution in [0.2, 0.25) is 0 Å². The van der Waals surface area contributed by atoms with Gasteiger partial charge >= 0.3 is 0 Å². The van der Waals surface area contributed by atoms with Gasteiger partial charge in [0.25, 0.3) is 0 Å². The molecule has 0 aliphatic carbocycles. The molecule has 0 saturated carbocycles. The highest BCUT2D eigenvalue weighted by Crippen LogP contribution is 2.50. The van der Waals surface area contributed by atoms with Crippen LogP contribution in [-0.4, -0.2) is 0 Å². The molecule has 12 aromatic rings. The maximum absolute atomic E-state index is 2.42. The Morgan fingerprint density at radius 2 is 0.393 bits per heavy atom. The van der Waals surface area contributed by atoms with Crippen molar-refractivity contribution in [3.05, 3.63) is 237 Å². The van der Waals surface area contributed by atoms with Crippen LogP contribution in [0.1, 0.15) is 0 Å². The molecule has 0 amide bonds. The lowest BCUT2D eigenvalue weighted by Crippen LogP contribution is -2.27. The van der Waals surface area contributed by atoms with Crippen molar-refractivity contribution in [3.8, 4) is 33.4 Å². The molecule has 0 aliphatic heterocycles. The van der Waals surface area contributed by atoms with Gasteiger partial charge in [-0.1, -0.05) is 237 Å². The number of fused-ring (bicyclic) bond motifs is 6. The van der Waals surface area contributed by atoms with Crippen LogP contribution in [0.3, 0.4) is 0 Å². The van der Waals surface area contributed by atoms with Crippen molar-refractivity contribution >= 4 is 88.5 Å². The minimum absolute atomic E-state index is 1.24. The van der Waals surface area contributed by atoms with Crippen LogP contribution in [0, 0.1) is 0 Å². The summed E-state index contributed by atoms with van der Waals surface area (Å²) >= 11 is 0. The zero-order valence-electron chi connectivity index (χ0n) is 33.5. The fourth-order valence-corrected chi connectivity index (χ4v) is 13.2. The Labute approximate surface area is 356 Å². The predicted molar refractivity (Wildman–Crippen MR) is 266 cm³/mol. The molecular formula is C60H39P.